The van der Waals surface area contributed by atoms with Crippen LogP contribution in [-0.4, -0.2) is 11.5 Å². The van der Waals surface area contributed by atoms with Crippen molar-refractivity contribution < 1.29 is 0 Å². The second-order valence-electron chi connectivity index (χ2n) is 6.14. The highest BCUT2D eigenvalue weighted by molar-refractivity contribution is 9.10. The molecule has 0 saturated heterocycles. The van der Waals surface area contributed by atoms with E-state index in [-0.39, 0.29) is 0 Å². The van der Waals surface area contributed by atoms with Crippen molar-refractivity contribution in [2.75, 3.05) is 11.9 Å². The normalized spacial score (nSPS) is 21.3. The van der Waals surface area contributed by atoms with Crippen LogP contribution in [0.15, 0.2) is 16.6 Å². The van der Waals surface area contributed by atoms with Crippen molar-refractivity contribution >= 4 is 21.7 Å². The van der Waals surface area contributed by atoms with Crippen molar-refractivity contribution in [1.82, 2.24) is 4.98 Å². The zero-order valence-corrected chi connectivity index (χ0v) is 12.9. The molecule has 0 aromatic carbocycles. The molecular weight excluding hydrogens is 276 g/mol. The Bertz CT molecular complexity index is 424. The smallest absolute Gasteiger partial charge is 0.126 e. The van der Waals surface area contributed by atoms with E-state index in [1.807, 2.05) is 19.1 Å². The van der Waals surface area contributed by atoms with Gasteiger partial charge in [0, 0.05) is 11.0 Å². The molecule has 0 amide bonds. The molecule has 1 aromatic heterocycles. The standard InChI is InChI=1S/C14H21BrN2/c1-9-10(15)6-7-12(17-9)16-8-11-13(2,3)14(11,4)5/h6-7,11H,8H2,1-5H3,(H,16,17). The molecule has 0 radical (unpaired) electrons. The molecule has 0 aliphatic heterocycles. The fourth-order valence-electron chi connectivity index (χ4n) is 2.69. The largest absolute Gasteiger partial charge is 0.370 e. The lowest BCUT2D eigenvalue weighted by Gasteiger charge is -2.08. The summed E-state index contributed by atoms with van der Waals surface area (Å²) in [6, 6.07) is 4.08. The number of aryl methyl sites for hydroxylation is 1. The van der Waals surface area contributed by atoms with Crippen LogP contribution in [0, 0.1) is 23.7 Å². The summed E-state index contributed by atoms with van der Waals surface area (Å²) in [5.74, 6) is 1.70. The van der Waals surface area contributed by atoms with Gasteiger partial charge in [0.15, 0.2) is 0 Å². The highest BCUT2D eigenvalue weighted by Gasteiger charge is 2.64. The Morgan fingerprint density at radius 3 is 2.29 bits per heavy atom. The van der Waals surface area contributed by atoms with Crippen LogP contribution in [0.5, 0.6) is 0 Å². The van der Waals surface area contributed by atoms with Gasteiger partial charge in [0.1, 0.15) is 5.82 Å². The van der Waals surface area contributed by atoms with Gasteiger partial charge >= 0.3 is 0 Å². The van der Waals surface area contributed by atoms with Crippen LogP contribution in [0.2, 0.25) is 0 Å². The Morgan fingerprint density at radius 2 is 1.82 bits per heavy atom. The number of hydrogen-bond donors (Lipinski definition) is 1. The van der Waals surface area contributed by atoms with E-state index in [0.717, 1.165) is 28.4 Å². The number of pyridine rings is 1. The Morgan fingerprint density at radius 1 is 1.24 bits per heavy atom. The van der Waals surface area contributed by atoms with Gasteiger partial charge in [-0.2, -0.15) is 0 Å². The molecule has 1 N–H and O–H groups in total. The van der Waals surface area contributed by atoms with Crippen LogP contribution < -0.4 is 5.32 Å². The summed E-state index contributed by atoms with van der Waals surface area (Å²) in [5.41, 5.74) is 1.90. The lowest BCUT2D eigenvalue weighted by molar-refractivity contribution is 0.457. The number of nitrogens with zero attached hydrogens (tertiary/aromatic N) is 1. The van der Waals surface area contributed by atoms with Crippen LogP contribution in [0.25, 0.3) is 0 Å². The second-order valence-corrected chi connectivity index (χ2v) is 6.99. The summed E-state index contributed by atoms with van der Waals surface area (Å²) in [6.45, 7) is 12.4. The summed E-state index contributed by atoms with van der Waals surface area (Å²) in [4.78, 5) is 4.51. The molecule has 3 heteroatoms. The van der Waals surface area contributed by atoms with E-state index in [4.69, 9.17) is 0 Å². The summed E-state index contributed by atoms with van der Waals surface area (Å²) >= 11 is 3.47. The molecule has 1 aliphatic carbocycles. The summed E-state index contributed by atoms with van der Waals surface area (Å²) in [6.07, 6.45) is 0. The Kier molecular flexibility index (Phi) is 3.01. The van der Waals surface area contributed by atoms with E-state index in [9.17, 15) is 0 Å². The zero-order chi connectivity index (χ0) is 12.8. The van der Waals surface area contributed by atoms with Gasteiger partial charge in [-0.3, -0.25) is 0 Å². The van der Waals surface area contributed by atoms with E-state index < -0.39 is 0 Å². The number of rotatable bonds is 3. The van der Waals surface area contributed by atoms with E-state index in [1.54, 1.807) is 0 Å². The van der Waals surface area contributed by atoms with Crippen molar-refractivity contribution in [3.63, 3.8) is 0 Å². The monoisotopic (exact) mass is 296 g/mol. The first-order chi connectivity index (χ1) is 7.76. The molecule has 2 rings (SSSR count). The average Bonchev–Trinajstić information content (AvgIpc) is 2.61. The molecule has 0 atom stereocenters. The van der Waals surface area contributed by atoms with Crippen LogP contribution in [0.4, 0.5) is 5.82 Å². The maximum absolute atomic E-state index is 4.51. The van der Waals surface area contributed by atoms with E-state index in [2.05, 4.69) is 53.9 Å². The maximum atomic E-state index is 4.51. The minimum absolute atomic E-state index is 0.435. The first-order valence-corrected chi connectivity index (χ1v) is 6.93. The first-order valence-electron chi connectivity index (χ1n) is 6.14. The molecule has 1 aliphatic rings. The lowest BCUT2D eigenvalue weighted by Crippen LogP contribution is -2.09. The molecule has 1 aromatic rings. The summed E-state index contributed by atoms with van der Waals surface area (Å²) < 4.78 is 1.06. The molecule has 0 spiro atoms. The van der Waals surface area contributed by atoms with Crippen molar-refractivity contribution in [2.24, 2.45) is 16.7 Å². The number of nitrogens with one attached hydrogen (secondary N) is 1. The van der Waals surface area contributed by atoms with Crippen LogP contribution in [0.3, 0.4) is 0 Å². The van der Waals surface area contributed by atoms with Crippen LogP contribution >= 0.6 is 15.9 Å². The van der Waals surface area contributed by atoms with Crippen LogP contribution in [0.1, 0.15) is 33.4 Å². The van der Waals surface area contributed by atoms with Gasteiger partial charge in [-0.1, -0.05) is 27.7 Å². The highest BCUT2D eigenvalue weighted by Crippen LogP contribution is 2.68. The van der Waals surface area contributed by atoms with Gasteiger partial charge < -0.3 is 5.32 Å². The molecule has 1 saturated carbocycles. The van der Waals surface area contributed by atoms with Gasteiger partial charge in [0.25, 0.3) is 0 Å². The topological polar surface area (TPSA) is 24.9 Å². The SMILES string of the molecule is Cc1nc(NCC2C(C)(C)C2(C)C)ccc1Br. The van der Waals surface area contributed by atoms with Gasteiger partial charge in [0.2, 0.25) is 0 Å². The van der Waals surface area contributed by atoms with E-state index in [1.165, 1.54) is 0 Å². The van der Waals surface area contributed by atoms with Gasteiger partial charge in [-0.25, -0.2) is 4.98 Å². The minimum atomic E-state index is 0.435. The zero-order valence-electron chi connectivity index (χ0n) is 11.3. The third-order valence-corrected chi connectivity index (χ3v) is 5.67. The molecule has 17 heavy (non-hydrogen) atoms. The molecular formula is C14H21BrN2. The molecule has 94 valence electrons. The second kappa shape index (κ2) is 3.98. The third-order valence-electron chi connectivity index (χ3n) is 4.83. The van der Waals surface area contributed by atoms with Gasteiger partial charge in [-0.15, -0.1) is 0 Å². The maximum Gasteiger partial charge on any atom is 0.126 e. The lowest BCUT2D eigenvalue weighted by atomic mass is 10.0. The first kappa shape index (κ1) is 12.9. The Balaban J connectivity index is 1.98. The third kappa shape index (κ3) is 2.10. The number of anilines is 1. The van der Waals surface area contributed by atoms with Crippen molar-refractivity contribution in [1.29, 1.82) is 0 Å². The quantitative estimate of drug-likeness (QED) is 0.902. The van der Waals surface area contributed by atoms with Crippen molar-refractivity contribution in [2.45, 2.75) is 34.6 Å². The number of halogens is 1. The predicted octanol–water partition coefficient (Wildman–Crippen LogP) is 4.25. The van der Waals surface area contributed by atoms with E-state index >= 15 is 0 Å². The summed E-state index contributed by atoms with van der Waals surface area (Å²) in [7, 11) is 0. The number of aromatic nitrogens is 1. The molecule has 0 bridgehead atoms. The van der Waals surface area contributed by atoms with Crippen LogP contribution in [-0.2, 0) is 0 Å². The molecule has 1 heterocycles. The Hall–Kier alpha value is -0.570. The predicted molar refractivity (Wildman–Crippen MR) is 76.2 cm³/mol. The fourth-order valence-corrected chi connectivity index (χ4v) is 2.91. The van der Waals surface area contributed by atoms with Crippen molar-refractivity contribution in [3.05, 3.63) is 22.3 Å². The van der Waals surface area contributed by atoms with E-state index in [0.29, 0.717) is 10.8 Å². The fraction of sp³-hybridized carbons (Fsp3) is 0.643. The van der Waals surface area contributed by atoms with Gasteiger partial charge in [-0.05, 0) is 51.7 Å². The molecule has 0 unspecified atom stereocenters. The Labute approximate surface area is 112 Å². The molecule has 2 nitrogen and oxygen atoms in total. The minimum Gasteiger partial charge on any atom is -0.370 e. The number of hydrogen-bond acceptors (Lipinski definition) is 2. The highest BCUT2D eigenvalue weighted by atomic mass is 79.9. The summed E-state index contributed by atoms with van der Waals surface area (Å²) in [5, 5.41) is 3.45. The molecule has 1 fully saturated rings. The average molecular weight is 297 g/mol. The van der Waals surface area contributed by atoms with Gasteiger partial charge in [0.05, 0.1) is 5.69 Å². The van der Waals surface area contributed by atoms with Crippen molar-refractivity contribution in [3.8, 4) is 0 Å².